The normalized spacial score (nSPS) is 27.4. The molecule has 3 rings (SSSR count). The molecule has 2 fully saturated rings. The van der Waals surface area contributed by atoms with E-state index in [9.17, 15) is 9.90 Å². The lowest BCUT2D eigenvalue weighted by Crippen LogP contribution is -2.53. The molecule has 1 heterocycles. The molecule has 0 aromatic heterocycles. The van der Waals surface area contributed by atoms with Gasteiger partial charge < -0.3 is 10.0 Å². The van der Waals surface area contributed by atoms with Gasteiger partial charge in [0, 0.05) is 32.2 Å². The molecule has 3 unspecified atom stereocenters. The van der Waals surface area contributed by atoms with E-state index in [-0.39, 0.29) is 18.1 Å². The molecule has 1 aliphatic carbocycles. The highest BCUT2D eigenvalue weighted by molar-refractivity contribution is 6.42. The molecule has 2 aliphatic rings. The first-order valence-electron chi connectivity index (χ1n) is 9.07. The van der Waals surface area contributed by atoms with Crippen LogP contribution in [0.5, 0.6) is 0 Å². The predicted octanol–water partition coefficient (Wildman–Crippen LogP) is 3.37. The summed E-state index contributed by atoms with van der Waals surface area (Å²) in [6, 6.07) is 5.93. The highest BCUT2D eigenvalue weighted by Crippen LogP contribution is 2.30. The van der Waals surface area contributed by atoms with E-state index < -0.39 is 0 Å². The van der Waals surface area contributed by atoms with Gasteiger partial charge in [-0.15, -0.1) is 0 Å². The number of carbonyl (C=O) groups is 1. The number of rotatable bonds is 4. The summed E-state index contributed by atoms with van der Waals surface area (Å²) < 4.78 is 0. The Morgan fingerprint density at radius 3 is 2.68 bits per heavy atom. The molecule has 0 radical (unpaired) electrons. The van der Waals surface area contributed by atoms with Crippen molar-refractivity contribution in [2.75, 3.05) is 20.1 Å². The van der Waals surface area contributed by atoms with Crippen molar-refractivity contribution in [3.63, 3.8) is 0 Å². The number of amides is 1. The van der Waals surface area contributed by atoms with Gasteiger partial charge in [0.2, 0.25) is 5.91 Å². The third-order valence-electron chi connectivity index (χ3n) is 5.59. The molecule has 1 aliphatic heterocycles. The lowest BCUT2D eigenvalue weighted by molar-refractivity contribution is -0.133. The van der Waals surface area contributed by atoms with Gasteiger partial charge in [-0.1, -0.05) is 42.1 Å². The van der Waals surface area contributed by atoms with Crippen LogP contribution in [-0.2, 0) is 11.2 Å². The van der Waals surface area contributed by atoms with Gasteiger partial charge in [0.05, 0.1) is 22.6 Å². The number of nitrogens with zero attached hydrogens (tertiary/aromatic N) is 2. The van der Waals surface area contributed by atoms with Crippen molar-refractivity contribution in [1.29, 1.82) is 0 Å². The maximum atomic E-state index is 12.8. The van der Waals surface area contributed by atoms with Crippen LogP contribution in [0, 0.1) is 0 Å². The number of β-amino-alcohol motifs (C(OH)–C–C–N with tert-alkyl or cyclic N) is 1. The van der Waals surface area contributed by atoms with Gasteiger partial charge in [-0.3, -0.25) is 9.69 Å². The zero-order chi connectivity index (χ0) is 18.0. The van der Waals surface area contributed by atoms with Gasteiger partial charge in [-0.25, -0.2) is 0 Å². The summed E-state index contributed by atoms with van der Waals surface area (Å²) in [6.07, 6.45) is 5.43. The topological polar surface area (TPSA) is 43.8 Å². The Balaban J connectivity index is 1.67. The van der Waals surface area contributed by atoms with Gasteiger partial charge in [-0.2, -0.15) is 0 Å². The molecule has 138 valence electrons. The van der Waals surface area contributed by atoms with E-state index in [4.69, 9.17) is 23.2 Å². The Morgan fingerprint density at radius 1 is 1.24 bits per heavy atom. The second-order valence-corrected chi connectivity index (χ2v) is 8.10. The first-order chi connectivity index (χ1) is 12.0. The predicted molar refractivity (Wildman–Crippen MR) is 101 cm³/mol. The van der Waals surface area contributed by atoms with E-state index in [0.717, 1.165) is 44.3 Å². The SMILES string of the molecule is CN(C(=O)Cc1ccc(Cl)c(Cl)c1)C1CCCCC1N1CCC(O)C1. The Morgan fingerprint density at radius 2 is 2.00 bits per heavy atom. The van der Waals surface area contributed by atoms with Gasteiger partial charge in [0.15, 0.2) is 0 Å². The Bertz CT molecular complexity index is 625. The number of carbonyl (C=O) groups excluding carboxylic acids is 1. The van der Waals surface area contributed by atoms with Crippen LogP contribution < -0.4 is 0 Å². The minimum Gasteiger partial charge on any atom is -0.392 e. The molecule has 0 bridgehead atoms. The van der Waals surface area contributed by atoms with E-state index in [1.807, 2.05) is 18.0 Å². The molecule has 1 amide bonds. The van der Waals surface area contributed by atoms with Crippen molar-refractivity contribution in [1.82, 2.24) is 9.80 Å². The lowest BCUT2D eigenvalue weighted by atomic mass is 9.88. The number of hydrogen-bond acceptors (Lipinski definition) is 3. The van der Waals surface area contributed by atoms with Gasteiger partial charge in [0.25, 0.3) is 0 Å². The molecule has 4 nitrogen and oxygen atoms in total. The Kier molecular flexibility index (Phi) is 6.26. The van der Waals surface area contributed by atoms with Gasteiger partial charge in [-0.05, 0) is 37.0 Å². The molecule has 0 spiro atoms. The molecular formula is C19H26Cl2N2O2. The number of likely N-dealkylation sites (N-methyl/N-ethyl adjacent to an activating group) is 1. The monoisotopic (exact) mass is 384 g/mol. The lowest BCUT2D eigenvalue weighted by Gasteiger charge is -2.42. The molecule has 3 atom stereocenters. The number of likely N-dealkylation sites (tertiary alicyclic amines) is 1. The molecule has 1 saturated heterocycles. The largest absolute Gasteiger partial charge is 0.392 e. The molecule has 1 saturated carbocycles. The maximum absolute atomic E-state index is 12.8. The van der Waals surface area contributed by atoms with Crippen molar-refractivity contribution in [3.05, 3.63) is 33.8 Å². The van der Waals surface area contributed by atoms with Crippen molar-refractivity contribution >= 4 is 29.1 Å². The second-order valence-electron chi connectivity index (χ2n) is 7.29. The summed E-state index contributed by atoms with van der Waals surface area (Å²) in [5.41, 5.74) is 0.884. The van der Waals surface area contributed by atoms with Crippen LogP contribution in [0.4, 0.5) is 0 Å². The highest BCUT2D eigenvalue weighted by Gasteiger charge is 2.37. The van der Waals surface area contributed by atoms with Crippen LogP contribution in [0.25, 0.3) is 0 Å². The highest BCUT2D eigenvalue weighted by atomic mass is 35.5. The first kappa shape index (κ1) is 19.0. The van der Waals surface area contributed by atoms with E-state index in [2.05, 4.69) is 4.90 Å². The summed E-state index contributed by atoms with van der Waals surface area (Å²) in [5.74, 6) is 0.107. The zero-order valence-corrected chi connectivity index (χ0v) is 16.1. The fourth-order valence-electron chi connectivity index (χ4n) is 4.17. The second kappa shape index (κ2) is 8.26. The van der Waals surface area contributed by atoms with Crippen LogP contribution in [-0.4, -0.2) is 59.1 Å². The summed E-state index contributed by atoms with van der Waals surface area (Å²) in [5, 5.41) is 10.9. The fourth-order valence-corrected chi connectivity index (χ4v) is 4.49. The van der Waals surface area contributed by atoms with E-state index in [1.54, 1.807) is 12.1 Å². The number of halogens is 2. The summed E-state index contributed by atoms with van der Waals surface area (Å²) in [4.78, 5) is 17.1. The van der Waals surface area contributed by atoms with Crippen molar-refractivity contribution in [2.45, 2.75) is 56.7 Å². The quantitative estimate of drug-likeness (QED) is 0.864. The van der Waals surface area contributed by atoms with Crippen LogP contribution in [0.3, 0.4) is 0 Å². The van der Waals surface area contributed by atoms with Crippen molar-refractivity contribution in [3.8, 4) is 0 Å². The summed E-state index contributed by atoms with van der Waals surface area (Å²) in [6.45, 7) is 1.66. The minimum absolute atomic E-state index is 0.107. The minimum atomic E-state index is -0.222. The number of benzene rings is 1. The third-order valence-corrected chi connectivity index (χ3v) is 6.33. The fraction of sp³-hybridized carbons (Fsp3) is 0.632. The number of hydrogen-bond donors (Lipinski definition) is 1. The smallest absolute Gasteiger partial charge is 0.227 e. The van der Waals surface area contributed by atoms with Gasteiger partial charge in [0.1, 0.15) is 0 Å². The first-order valence-corrected chi connectivity index (χ1v) is 9.83. The van der Waals surface area contributed by atoms with Crippen LogP contribution in [0.2, 0.25) is 10.0 Å². The number of aliphatic hydroxyl groups excluding tert-OH is 1. The standard InChI is InChI=1S/C19H26Cl2N2O2/c1-22(19(25)11-13-6-7-15(20)16(21)10-13)17-4-2-3-5-18(17)23-9-8-14(24)12-23/h6-7,10,14,17-18,24H,2-5,8-9,11-12H2,1H3. The average Bonchev–Trinajstić information content (AvgIpc) is 3.04. The molecule has 1 aromatic rings. The maximum Gasteiger partial charge on any atom is 0.227 e. The van der Waals surface area contributed by atoms with Gasteiger partial charge >= 0.3 is 0 Å². The Labute approximate surface area is 159 Å². The molecule has 1 aromatic carbocycles. The number of aliphatic hydroxyl groups is 1. The van der Waals surface area contributed by atoms with Crippen molar-refractivity contribution in [2.24, 2.45) is 0 Å². The molecule has 25 heavy (non-hydrogen) atoms. The third kappa shape index (κ3) is 4.48. The summed E-state index contributed by atoms with van der Waals surface area (Å²) >= 11 is 12.0. The van der Waals surface area contributed by atoms with E-state index >= 15 is 0 Å². The van der Waals surface area contributed by atoms with Crippen LogP contribution >= 0.6 is 23.2 Å². The van der Waals surface area contributed by atoms with Crippen molar-refractivity contribution < 1.29 is 9.90 Å². The molecule has 6 heteroatoms. The average molecular weight is 385 g/mol. The van der Waals surface area contributed by atoms with Crippen LogP contribution in [0.1, 0.15) is 37.7 Å². The molecular weight excluding hydrogens is 359 g/mol. The van der Waals surface area contributed by atoms with E-state index in [0.29, 0.717) is 22.5 Å². The van der Waals surface area contributed by atoms with Crippen LogP contribution in [0.15, 0.2) is 18.2 Å². The Hall–Kier alpha value is -0.810. The zero-order valence-electron chi connectivity index (χ0n) is 14.6. The molecule has 1 N–H and O–H groups in total. The summed E-state index contributed by atoms with van der Waals surface area (Å²) in [7, 11) is 1.91. The van der Waals surface area contributed by atoms with E-state index in [1.165, 1.54) is 6.42 Å².